The third kappa shape index (κ3) is 1.84. The van der Waals surface area contributed by atoms with Gasteiger partial charge in [0, 0.05) is 0 Å². The number of carbonyl (C=O) groups is 1. The summed E-state index contributed by atoms with van der Waals surface area (Å²) in [5, 5.41) is 12.2. The summed E-state index contributed by atoms with van der Waals surface area (Å²) in [6, 6.07) is 4.35. The minimum atomic E-state index is -1.25. The van der Waals surface area contributed by atoms with E-state index in [9.17, 15) is 9.18 Å². The van der Waals surface area contributed by atoms with E-state index < -0.39 is 11.8 Å². The number of ether oxygens (including phenoxy) is 1. The molecule has 0 saturated carbocycles. The summed E-state index contributed by atoms with van der Waals surface area (Å²) < 4.78 is 19.2. The molecule has 5 heteroatoms. The van der Waals surface area contributed by atoms with Crippen molar-refractivity contribution >= 4 is 11.7 Å². The average Bonchev–Trinajstić information content (AvgIpc) is 2.90. The number of rotatable bonds is 3. The Balaban J connectivity index is 1.84. The lowest BCUT2D eigenvalue weighted by molar-refractivity contribution is 0.0692. The summed E-state index contributed by atoms with van der Waals surface area (Å²) in [4.78, 5) is 11.1. The summed E-state index contributed by atoms with van der Waals surface area (Å²) in [6.45, 7) is 0. The van der Waals surface area contributed by atoms with E-state index in [1.54, 1.807) is 6.07 Å². The molecule has 0 aliphatic carbocycles. The van der Waals surface area contributed by atoms with Crippen LogP contribution < -0.4 is 5.32 Å². The zero-order chi connectivity index (χ0) is 12.7. The molecule has 0 amide bonds. The fourth-order valence-electron chi connectivity index (χ4n) is 2.85. The highest BCUT2D eigenvalue weighted by Gasteiger charge is 2.41. The Morgan fingerprint density at radius 2 is 2.28 bits per heavy atom. The molecule has 18 heavy (non-hydrogen) atoms. The van der Waals surface area contributed by atoms with E-state index in [-0.39, 0.29) is 23.8 Å². The molecule has 2 aliphatic rings. The van der Waals surface area contributed by atoms with Crippen LogP contribution in [0.25, 0.3) is 0 Å². The van der Waals surface area contributed by atoms with Gasteiger partial charge in [-0.25, -0.2) is 9.18 Å². The molecule has 4 nitrogen and oxygen atoms in total. The van der Waals surface area contributed by atoms with Crippen molar-refractivity contribution in [2.24, 2.45) is 0 Å². The molecular formula is C13H14FNO3. The maximum Gasteiger partial charge on any atom is 0.340 e. The fourth-order valence-corrected chi connectivity index (χ4v) is 2.85. The summed E-state index contributed by atoms with van der Waals surface area (Å²) in [7, 11) is 0. The second kappa shape index (κ2) is 4.24. The summed E-state index contributed by atoms with van der Waals surface area (Å²) in [5.41, 5.74) is 0.0453. The van der Waals surface area contributed by atoms with Gasteiger partial charge in [-0.3, -0.25) is 0 Å². The molecule has 3 unspecified atom stereocenters. The SMILES string of the molecule is O=C(O)c1c(F)cccc1NC1CC2CCC1O2. The number of fused-ring (bicyclic) bond motifs is 2. The summed E-state index contributed by atoms with van der Waals surface area (Å²) >= 11 is 0. The number of anilines is 1. The molecule has 1 aromatic rings. The van der Waals surface area contributed by atoms with Crippen LogP contribution in [0.5, 0.6) is 0 Å². The van der Waals surface area contributed by atoms with Gasteiger partial charge in [0.15, 0.2) is 0 Å². The molecule has 1 aromatic carbocycles. The fraction of sp³-hybridized carbons (Fsp3) is 0.462. The number of benzene rings is 1. The normalized spacial score (nSPS) is 29.5. The van der Waals surface area contributed by atoms with Crippen molar-refractivity contribution in [1.29, 1.82) is 0 Å². The third-order valence-electron chi connectivity index (χ3n) is 3.67. The molecule has 2 heterocycles. The zero-order valence-corrected chi connectivity index (χ0v) is 9.73. The third-order valence-corrected chi connectivity index (χ3v) is 3.67. The van der Waals surface area contributed by atoms with Crippen molar-refractivity contribution < 1.29 is 19.0 Å². The molecule has 2 N–H and O–H groups in total. The van der Waals surface area contributed by atoms with Gasteiger partial charge in [0.1, 0.15) is 11.4 Å². The Bertz CT molecular complexity index is 491. The van der Waals surface area contributed by atoms with Crippen molar-refractivity contribution in [1.82, 2.24) is 0 Å². The Morgan fingerprint density at radius 3 is 2.89 bits per heavy atom. The number of hydrogen-bond donors (Lipinski definition) is 2. The lowest BCUT2D eigenvalue weighted by atomic mass is 9.95. The molecule has 0 spiro atoms. The smallest absolute Gasteiger partial charge is 0.340 e. The Morgan fingerprint density at radius 1 is 1.44 bits per heavy atom. The van der Waals surface area contributed by atoms with Crippen molar-refractivity contribution in [2.45, 2.75) is 37.5 Å². The molecule has 3 rings (SSSR count). The van der Waals surface area contributed by atoms with Gasteiger partial charge in [-0.15, -0.1) is 0 Å². The number of carboxylic acid groups (broad SMARTS) is 1. The summed E-state index contributed by atoms with van der Waals surface area (Å²) in [6.07, 6.45) is 3.31. The second-order valence-electron chi connectivity index (χ2n) is 4.83. The van der Waals surface area contributed by atoms with Gasteiger partial charge in [0.05, 0.1) is 23.9 Å². The minimum Gasteiger partial charge on any atom is -0.478 e. The number of carboxylic acids is 1. The van der Waals surface area contributed by atoms with E-state index >= 15 is 0 Å². The second-order valence-corrected chi connectivity index (χ2v) is 4.83. The van der Waals surface area contributed by atoms with Gasteiger partial charge in [0.2, 0.25) is 0 Å². The van der Waals surface area contributed by atoms with E-state index in [2.05, 4.69) is 5.32 Å². The number of halogens is 1. The lowest BCUT2D eigenvalue weighted by Gasteiger charge is -2.22. The van der Waals surface area contributed by atoms with Gasteiger partial charge in [-0.05, 0) is 31.4 Å². The van der Waals surface area contributed by atoms with Crippen LogP contribution >= 0.6 is 0 Å². The van der Waals surface area contributed by atoms with Crippen LogP contribution in [0.3, 0.4) is 0 Å². The monoisotopic (exact) mass is 251 g/mol. The first-order valence-electron chi connectivity index (χ1n) is 6.09. The van der Waals surface area contributed by atoms with Gasteiger partial charge in [0.25, 0.3) is 0 Å². The van der Waals surface area contributed by atoms with Crippen LogP contribution in [0.4, 0.5) is 10.1 Å². The van der Waals surface area contributed by atoms with E-state index in [4.69, 9.17) is 9.84 Å². The van der Waals surface area contributed by atoms with E-state index in [1.165, 1.54) is 6.07 Å². The van der Waals surface area contributed by atoms with Crippen molar-refractivity contribution in [3.05, 3.63) is 29.6 Å². The number of nitrogens with one attached hydrogen (secondary N) is 1. The highest BCUT2D eigenvalue weighted by molar-refractivity contribution is 5.94. The van der Waals surface area contributed by atoms with Gasteiger partial charge < -0.3 is 15.2 Å². The lowest BCUT2D eigenvalue weighted by Crippen LogP contribution is -2.31. The number of aromatic carboxylic acids is 1. The molecule has 0 aromatic heterocycles. The molecule has 2 saturated heterocycles. The van der Waals surface area contributed by atoms with Gasteiger partial charge in [-0.2, -0.15) is 0 Å². The van der Waals surface area contributed by atoms with Crippen LogP contribution in [0.15, 0.2) is 18.2 Å². The van der Waals surface area contributed by atoms with Gasteiger partial charge in [-0.1, -0.05) is 6.07 Å². The quantitative estimate of drug-likeness (QED) is 0.865. The number of hydrogen-bond acceptors (Lipinski definition) is 3. The highest BCUT2D eigenvalue weighted by Crippen LogP contribution is 2.36. The van der Waals surface area contributed by atoms with Crippen LogP contribution in [0, 0.1) is 5.82 Å². The first-order valence-corrected chi connectivity index (χ1v) is 6.09. The van der Waals surface area contributed by atoms with Crippen LogP contribution in [0.1, 0.15) is 29.6 Å². The van der Waals surface area contributed by atoms with Crippen molar-refractivity contribution in [2.75, 3.05) is 5.32 Å². The largest absolute Gasteiger partial charge is 0.478 e. The highest BCUT2D eigenvalue weighted by atomic mass is 19.1. The summed E-state index contributed by atoms with van der Waals surface area (Å²) in [5.74, 6) is -1.96. The molecular weight excluding hydrogens is 237 g/mol. The van der Waals surface area contributed by atoms with E-state index in [0.29, 0.717) is 5.69 Å². The molecule has 2 fully saturated rings. The van der Waals surface area contributed by atoms with Gasteiger partial charge >= 0.3 is 5.97 Å². The van der Waals surface area contributed by atoms with Crippen molar-refractivity contribution in [3.63, 3.8) is 0 Å². The standard InChI is InChI=1S/C13H14FNO3/c14-8-2-1-3-9(12(8)13(16)17)15-10-6-7-4-5-11(10)18-7/h1-3,7,10-11,15H,4-6H2,(H,16,17). The predicted octanol–water partition coefficient (Wildman–Crippen LogP) is 2.26. The van der Waals surface area contributed by atoms with E-state index in [1.807, 2.05) is 0 Å². The molecule has 2 bridgehead atoms. The minimum absolute atomic E-state index is 0.0867. The Labute approximate surface area is 104 Å². The van der Waals surface area contributed by atoms with Crippen LogP contribution in [-0.4, -0.2) is 29.3 Å². The molecule has 0 radical (unpaired) electrons. The first kappa shape index (κ1) is 11.5. The average molecular weight is 251 g/mol. The topological polar surface area (TPSA) is 58.6 Å². The predicted molar refractivity (Wildman–Crippen MR) is 63.3 cm³/mol. The Hall–Kier alpha value is -1.62. The van der Waals surface area contributed by atoms with Crippen LogP contribution in [-0.2, 0) is 4.74 Å². The van der Waals surface area contributed by atoms with E-state index in [0.717, 1.165) is 25.3 Å². The first-order chi connectivity index (χ1) is 8.65. The molecule has 96 valence electrons. The zero-order valence-electron chi connectivity index (χ0n) is 9.73. The molecule has 2 aliphatic heterocycles. The maximum atomic E-state index is 13.5. The molecule has 3 atom stereocenters. The van der Waals surface area contributed by atoms with Crippen molar-refractivity contribution in [3.8, 4) is 0 Å². The van der Waals surface area contributed by atoms with Crippen LogP contribution in [0.2, 0.25) is 0 Å². The Kier molecular flexibility index (Phi) is 2.70. The maximum absolute atomic E-state index is 13.5.